The van der Waals surface area contributed by atoms with E-state index >= 15 is 0 Å². The molecule has 4 heteroatoms. The fourth-order valence-electron chi connectivity index (χ4n) is 2.71. The number of rotatable bonds is 9. The van der Waals surface area contributed by atoms with E-state index in [2.05, 4.69) is 6.92 Å². The molecule has 2 N–H and O–H groups in total. The maximum absolute atomic E-state index is 12.6. The number of aromatic hydroxyl groups is 2. The van der Waals surface area contributed by atoms with Crippen molar-refractivity contribution < 1.29 is 19.7 Å². The second kappa shape index (κ2) is 8.80. The van der Waals surface area contributed by atoms with Crippen LogP contribution in [-0.2, 0) is 9.53 Å². The second-order valence-corrected chi connectivity index (χ2v) is 6.72. The SMILES string of the molecule is CCCCCC(C)(C)OC(=O)C(CCC)c1cc(O)ccc1O. The van der Waals surface area contributed by atoms with Gasteiger partial charge in [0.15, 0.2) is 0 Å². The van der Waals surface area contributed by atoms with Crippen molar-refractivity contribution in [3.8, 4) is 11.5 Å². The molecule has 0 bridgehead atoms. The van der Waals surface area contributed by atoms with Crippen molar-refractivity contribution >= 4 is 5.97 Å². The molecule has 4 nitrogen and oxygen atoms in total. The van der Waals surface area contributed by atoms with Crippen LogP contribution in [0.5, 0.6) is 11.5 Å². The van der Waals surface area contributed by atoms with E-state index in [9.17, 15) is 15.0 Å². The fraction of sp³-hybridized carbons (Fsp3) is 0.632. The third-order valence-corrected chi connectivity index (χ3v) is 4.01. The van der Waals surface area contributed by atoms with Crippen LogP contribution in [0, 0.1) is 0 Å². The molecule has 1 atom stereocenters. The van der Waals surface area contributed by atoms with Gasteiger partial charge < -0.3 is 14.9 Å². The Morgan fingerprint density at radius 3 is 2.48 bits per heavy atom. The van der Waals surface area contributed by atoms with Crippen LogP contribution in [0.1, 0.15) is 77.7 Å². The van der Waals surface area contributed by atoms with Crippen LogP contribution < -0.4 is 0 Å². The molecule has 1 aromatic carbocycles. The quantitative estimate of drug-likeness (QED) is 0.386. The fourth-order valence-corrected chi connectivity index (χ4v) is 2.71. The molecule has 130 valence electrons. The summed E-state index contributed by atoms with van der Waals surface area (Å²) in [7, 11) is 0. The average Bonchev–Trinajstić information content (AvgIpc) is 2.47. The van der Waals surface area contributed by atoms with Gasteiger partial charge in [-0.05, 0) is 51.3 Å². The lowest BCUT2D eigenvalue weighted by molar-refractivity contribution is -0.159. The van der Waals surface area contributed by atoms with Gasteiger partial charge in [-0.3, -0.25) is 4.79 Å². The number of phenols is 2. The van der Waals surface area contributed by atoms with Crippen molar-refractivity contribution in [1.82, 2.24) is 0 Å². The van der Waals surface area contributed by atoms with E-state index in [1.165, 1.54) is 18.2 Å². The topological polar surface area (TPSA) is 66.8 Å². The van der Waals surface area contributed by atoms with E-state index in [0.717, 1.165) is 32.1 Å². The highest BCUT2D eigenvalue weighted by atomic mass is 16.6. The van der Waals surface area contributed by atoms with Gasteiger partial charge in [0.25, 0.3) is 0 Å². The van der Waals surface area contributed by atoms with Crippen molar-refractivity contribution in [3.05, 3.63) is 23.8 Å². The zero-order valence-corrected chi connectivity index (χ0v) is 14.8. The van der Waals surface area contributed by atoms with Crippen LogP contribution in [0.2, 0.25) is 0 Å². The standard InChI is InChI=1S/C19H30O4/c1-5-7-8-12-19(3,4)23-18(22)15(9-6-2)16-13-14(20)10-11-17(16)21/h10-11,13,15,20-21H,5-9,12H2,1-4H3. The lowest BCUT2D eigenvalue weighted by Gasteiger charge is -2.28. The minimum atomic E-state index is -0.558. The highest BCUT2D eigenvalue weighted by Gasteiger charge is 2.30. The Kier molecular flexibility index (Phi) is 7.40. The van der Waals surface area contributed by atoms with Crippen LogP contribution in [0.4, 0.5) is 0 Å². The first-order valence-corrected chi connectivity index (χ1v) is 8.55. The third-order valence-electron chi connectivity index (χ3n) is 4.01. The first kappa shape index (κ1) is 19.3. The van der Waals surface area contributed by atoms with E-state index in [-0.39, 0.29) is 17.5 Å². The molecule has 0 aliphatic rings. The van der Waals surface area contributed by atoms with E-state index in [0.29, 0.717) is 12.0 Å². The molecule has 1 rings (SSSR count). The van der Waals surface area contributed by atoms with Crippen LogP contribution in [-0.4, -0.2) is 21.8 Å². The van der Waals surface area contributed by atoms with E-state index in [4.69, 9.17) is 4.74 Å². The summed E-state index contributed by atoms with van der Waals surface area (Å²) in [6.45, 7) is 7.96. The van der Waals surface area contributed by atoms with Gasteiger partial charge >= 0.3 is 5.97 Å². The average molecular weight is 322 g/mol. The molecule has 0 radical (unpaired) electrons. The zero-order chi connectivity index (χ0) is 17.5. The molecule has 0 aromatic heterocycles. The van der Waals surface area contributed by atoms with Gasteiger partial charge in [-0.1, -0.05) is 33.1 Å². The molecule has 0 fully saturated rings. The van der Waals surface area contributed by atoms with Gasteiger partial charge in [0.05, 0.1) is 5.92 Å². The molecule has 0 heterocycles. The minimum Gasteiger partial charge on any atom is -0.508 e. The predicted molar refractivity (Wildman–Crippen MR) is 91.7 cm³/mol. The van der Waals surface area contributed by atoms with Crippen molar-refractivity contribution in [3.63, 3.8) is 0 Å². The van der Waals surface area contributed by atoms with Gasteiger partial charge in [0.1, 0.15) is 17.1 Å². The molecule has 0 amide bonds. The summed E-state index contributed by atoms with van der Waals surface area (Å²) in [6.07, 6.45) is 5.43. The number of benzene rings is 1. The molecular formula is C19H30O4. The first-order chi connectivity index (χ1) is 10.8. The van der Waals surface area contributed by atoms with Crippen molar-refractivity contribution in [2.45, 2.75) is 77.7 Å². The first-order valence-electron chi connectivity index (χ1n) is 8.55. The summed E-state index contributed by atoms with van der Waals surface area (Å²) in [5, 5.41) is 19.7. The number of phenolic OH excluding ortho intramolecular Hbond substituents is 2. The van der Waals surface area contributed by atoms with E-state index in [1.807, 2.05) is 20.8 Å². The molecule has 0 saturated carbocycles. The Bertz CT molecular complexity index is 508. The van der Waals surface area contributed by atoms with Crippen LogP contribution in [0.3, 0.4) is 0 Å². The Hall–Kier alpha value is -1.71. The molecule has 1 aromatic rings. The number of carbonyl (C=O) groups excluding carboxylic acids is 1. The maximum atomic E-state index is 12.6. The normalized spacial score (nSPS) is 12.9. The summed E-state index contributed by atoms with van der Waals surface area (Å²) < 4.78 is 5.72. The van der Waals surface area contributed by atoms with Crippen LogP contribution in [0.25, 0.3) is 0 Å². The van der Waals surface area contributed by atoms with Crippen molar-refractivity contribution in [2.75, 3.05) is 0 Å². The third kappa shape index (κ3) is 6.12. The summed E-state index contributed by atoms with van der Waals surface area (Å²) in [5.41, 5.74) is -0.0915. The number of hydrogen-bond donors (Lipinski definition) is 2. The molecule has 1 unspecified atom stereocenters. The number of carbonyl (C=O) groups is 1. The summed E-state index contributed by atoms with van der Waals surface area (Å²) >= 11 is 0. The molecule has 0 aliphatic heterocycles. The molecule has 0 spiro atoms. The van der Waals surface area contributed by atoms with Crippen LogP contribution in [0.15, 0.2) is 18.2 Å². The summed E-state index contributed by atoms with van der Waals surface area (Å²) in [6, 6.07) is 4.26. The van der Waals surface area contributed by atoms with Gasteiger partial charge in [-0.25, -0.2) is 0 Å². The van der Waals surface area contributed by atoms with Gasteiger partial charge in [-0.15, -0.1) is 0 Å². The van der Waals surface area contributed by atoms with Gasteiger partial charge in [0, 0.05) is 5.56 Å². The van der Waals surface area contributed by atoms with E-state index in [1.54, 1.807) is 0 Å². The summed E-state index contributed by atoms with van der Waals surface area (Å²) in [5.74, 6) is -0.845. The molecule has 0 saturated heterocycles. The maximum Gasteiger partial charge on any atom is 0.314 e. The number of esters is 1. The summed E-state index contributed by atoms with van der Waals surface area (Å²) in [4.78, 5) is 12.6. The Morgan fingerprint density at radius 1 is 1.17 bits per heavy atom. The highest BCUT2D eigenvalue weighted by Crippen LogP contribution is 2.34. The van der Waals surface area contributed by atoms with Gasteiger partial charge in [0.2, 0.25) is 0 Å². The van der Waals surface area contributed by atoms with Crippen LogP contribution >= 0.6 is 0 Å². The Morgan fingerprint density at radius 2 is 1.87 bits per heavy atom. The second-order valence-electron chi connectivity index (χ2n) is 6.72. The lowest BCUT2D eigenvalue weighted by atomic mass is 9.92. The largest absolute Gasteiger partial charge is 0.508 e. The Labute approximate surface area is 139 Å². The lowest BCUT2D eigenvalue weighted by Crippen LogP contribution is -2.31. The van der Waals surface area contributed by atoms with E-state index < -0.39 is 11.5 Å². The molecule has 0 aliphatic carbocycles. The zero-order valence-electron chi connectivity index (χ0n) is 14.8. The smallest absolute Gasteiger partial charge is 0.314 e. The van der Waals surface area contributed by atoms with Crippen molar-refractivity contribution in [2.24, 2.45) is 0 Å². The van der Waals surface area contributed by atoms with Gasteiger partial charge in [-0.2, -0.15) is 0 Å². The highest BCUT2D eigenvalue weighted by molar-refractivity contribution is 5.79. The molecule has 23 heavy (non-hydrogen) atoms. The predicted octanol–water partition coefficient (Wildman–Crippen LogP) is 4.88. The number of unbranched alkanes of at least 4 members (excludes halogenated alkanes) is 2. The minimum absolute atomic E-state index is 0.0157. The molecular weight excluding hydrogens is 292 g/mol. The van der Waals surface area contributed by atoms with Crippen molar-refractivity contribution in [1.29, 1.82) is 0 Å². The number of hydrogen-bond acceptors (Lipinski definition) is 4. The monoisotopic (exact) mass is 322 g/mol. The Balaban J connectivity index is 2.88. The number of ether oxygens (including phenoxy) is 1.